The van der Waals surface area contributed by atoms with Crippen LogP contribution in [0.5, 0.6) is 0 Å². The van der Waals surface area contributed by atoms with Gasteiger partial charge in [0.1, 0.15) is 11.6 Å². The number of ether oxygens (including phenoxy) is 1. The van der Waals surface area contributed by atoms with Crippen LogP contribution in [0.15, 0.2) is 48.8 Å². The Kier molecular flexibility index (Phi) is 7.10. The molecular weight excluding hydrogens is 413 g/mol. The van der Waals surface area contributed by atoms with Crippen molar-refractivity contribution < 1.29 is 18.7 Å². The summed E-state index contributed by atoms with van der Waals surface area (Å²) in [6.45, 7) is 0.0731. The summed E-state index contributed by atoms with van der Waals surface area (Å²) in [6.07, 6.45) is 1.15. The molecular formula is C20H18ClFN5O3. The fourth-order valence-corrected chi connectivity index (χ4v) is 2.80. The minimum atomic E-state index is -1.01. The van der Waals surface area contributed by atoms with Crippen LogP contribution in [0, 0.1) is 5.82 Å². The van der Waals surface area contributed by atoms with Crippen LogP contribution in [0.3, 0.4) is 0 Å². The smallest absolute Gasteiger partial charge is 0.414 e. The van der Waals surface area contributed by atoms with E-state index in [0.29, 0.717) is 11.1 Å². The van der Waals surface area contributed by atoms with E-state index < -0.39 is 24.0 Å². The topological polar surface area (TPSA) is 107 Å². The number of rotatable bonds is 7. The highest BCUT2D eigenvalue weighted by molar-refractivity contribution is 6.31. The van der Waals surface area contributed by atoms with Crippen molar-refractivity contribution in [3.8, 4) is 0 Å². The molecule has 0 aliphatic rings. The number of halogens is 2. The van der Waals surface area contributed by atoms with Gasteiger partial charge in [-0.15, -0.1) is 0 Å². The highest BCUT2D eigenvalue weighted by Crippen LogP contribution is 2.20. The summed E-state index contributed by atoms with van der Waals surface area (Å²) >= 11 is 5.94. The largest absolute Gasteiger partial charge is 0.430 e. The molecule has 0 aliphatic heterocycles. The van der Waals surface area contributed by atoms with Crippen LogP contribution in [0.25, 0.3) is 10.9 Å². The van der Waals surface area contributed by atoms with E-state index in [-0.39, 0.29) is 23.8 Å². The van der Waals surface area contributed by atoms with Crippen molar-refractivity contribution in [2.24, 2.45) is 0 Å². The lowest BCUT2D eigenvalue weighted by Crippen LogP contribution is -2.38. The van der Waals surface area contributed by atoms with E-state index in [2.05, 4.69) is 25.9 Å². The number of hydrogen-bond acceptors (Lipinski definition) is 6. The first kappa shape index (κ1) is 21.4. The molecule has 0 fully saturated rings. The van der Waals surface area contributed by atoms with Gasteiger partial charge in [0.25, 0.3) is 0 Å². The Hall–Kier alpha value is -3.30. The quantitative estimate of drug-likeness (QED) is 0.557. The number of amides is 2. The molecule has 8 nitrogen and oxygen atoms in total. The van der Waals surface area contributed by atoms with Crippen molar-refractivity contribution in [3.63, 3.8) is 0 Å². The highest BCUT2D eigenvalue weighted by Gasteiger charge is 2.19. The number of nitrogens with zero attached hydrogens (tertiary/aromatic N) is 3. The molecule has 0 aliphatic carbocycles. The molecule has 0 saturated carbocycles. The molecule has 155 valence electrons. The number of carbonyl (C=O) groups excluding carboxylic acids is 2. The van der Waals surface area contributed by atoms with Crippen LogP contribution < -0.4 is 16.0 Å². The Balaban J connectivity index is 1.66. The zero-order valence-corrected chi connectivity index (χ0v) is 16.7. The summed E-state index contributed by atoms with van der Waals surface area (Å²) in [5, 5.41) is 9.67. The van der Waals surface area contributed by atoms with Gasteiger partial charge in [0.05, 0.1) is 17.0 Å². The molecule has 3 rings (SSSR count). The Labute approximate surface area is 176 Å². The first-order valence-corrected chi connectivity index (χ1v) is 9.31. The van der Waals surface area contributed by atoms with Crippen molar-refractivity contribution >= 4 is 40.3 Å². The minimum Gasteiger partial charge on any atom is -0.430 e. The maximum atomic E-state index is 13.6. The van der Waals surface area contributed by atoms with Gasteiger partial charge in [0.2, 0.25) is 5.91 Å². The van der Waals surface area contributed by atoms with Gasteiger partial charge in [0, 0.05) is 37.4 Å². The van der Waals surface area contributed by atoms with Crippen molar-refractivity contribution in [2.75, 3.05) is 12.4 Å². The molecule has 1 unspecified atom stereocenters. The van der Waals surface area contributed by atoms with Crippen molar-refractivity contribution in [1.82, 2.24) is 20.6 Å². The summed E-state index contributed by atoms with van der Waals surface area (Å²) in [5.74, 6) is -0.801. The molecule has 2 heterocycles. The van der Waals surface area contributed by atoms with Crippen LogP contribution in [0.2, 0.25) is 5.02 Å². The van der Waals surface area contributed by atoms with Gasteiger partial charge in [-0.3, -0.25) is 25.7 Å². The van der Waals surface area contributed by atoms with Crippen LogP contribution in [-0.4, -0.2) is 35.2 Å². The van der Waals surface area contributed by atoms with Gasteiger partial charge < -0.3 is 4.74 Å². The number of carbonyl (C=O) groups is 2. The molecule has 10 heteroatoms. The summed E-state index contributed by atoms with van der Waals surface area (Å²) in [6, 6.07) is 9.58. The predicted molar refractivity (Wildman–Crippen MR) is 109 cm³/mol. The summed E-state index contributed by atoms with van der Waals surface area (Å²) in [5.41, 5.74) is 1.10. The van der Waals surface area contributed by atoms with Crippen LogP contribution in [0.4, 0.5) is 15.0 Å². The van der Waals surface area contributed by atoms with E-state index in [0.717, 1.165) is 5.39 Å². The van der Waals surface area contributed by atoms with Gasteiger partial charge in [-0.25, -0.2) is 14.2 Å². The second kappa shape index (κ2) is 9.95. The zero-order chi connectivity index (χ0) is 21.5. The average molecular weight is 431 g/mol. The second-order valence-corrected chi connectivity index (χ2v) is 6.58. The predicted octanol–water partition coefficient (Wildman–Crippen LogP) is 3.24. The first-order chi connectivity index (χ1) is 14.5. The lowest BCUT2D eigenvalue weighted by molar-refractivity contribution is -0.123. The Morgan fingerprint density at radius 1 is 1.27 bits per heavy atom. The summed E-state index contributed by atoms with van der Waals surface area (Å²) in [4.78, 5) is 32.3. The van der Waals surface area contributed by atoms with E-state index in [9.17, 15) is 14.0 Å². The Bertz CT molecular complexity index is 1070. The molecule has 3 aromatic rings. The lowest BCUT2D eigenvalue weighted by atomic mass is 10.2. The van der Waals surface area contributed by atoms with Gasteiger partial charge in [0.15, 0.2) is 6.23 Å². The fraction of sp³-hybridized carbons (Fsp3) is 0.200. The number of pyridine rings is 2. The number of benzene rings is 1. The maximum absolute atomic E-state index is 13.6. The third-order valence-electron chi connectivity index (χ3n) is 4.13. The SMILES string of the molecule is C[N]C(=O)CC(NCc1cccc(F)c1Cl)OC(=O)Nc1cc2ncccc2cn1. The van der Waals surface area contributed by atoms with Crippen LogP contribution in [-0.2, 0) is 16.1 Å². The summed E-state index contributed by atoms with van der Waals surface area (Å²) in [7, 11) is 1.34. The first-order valence-electron chi connectivity index (χ1n) is 8.93. The van der Waals surface area contributed by atoms with E-state index in [1.54, 1.807) is 30.6 Å². The molecule has 2 aromatic heterocycles. The van der Waals surface area contributed by atoms with Crippen molar-refractivity contribution in [1.29, 1.82) is 0 Å². The molecule has 30 heavy (non-hydrogen) atoms. The van der Waals surface area contributed by atoms with Crippen LogP contribution >= 0.6 is 11.6 Å². The standard InChI is InChI=1S/C20H18ClFN5O3/c1-23-17(28)9-18(26-11-13-4-2-6-14(22)19(13)21)30-20(29)27-16-8-15-12(10-25-16)5-3-7-24-15/h2-8,10,18,26H,9,11H2,1H3,(H,25,27,29). The molecule has 0 saturated heterocycles. The van der Waals surface area contributed by atoms with Gasteiger partial charge in [-0.2, -0.15) is 0 Å². The third kappa shape index (κ3) is 5.62. The normalized spacial score (nSPS) is 11.7. The molecule has 0 spiro atoms. The Morgan fingerprint density at radius 2 is 2.10 bits per heavy atom. The monoisotopic (exact) mass is 430 g/mol. The number of anilines is 1. The highest BCUT2D eigenvalue weighted by atomic mass is 35.5. The molecule has 2 N–H and O–H groups in total. The van der Waals surface area contributed by atoms with Crippen LogP contribution in [0.1, 0.15) is 12.0 Å². The van der Waals surface area contributed by atoms with Gasteiger partial charge >= 0.3 is 6.09 Å². The second-order valence-electron chi connectivity index (χ2n) is 6.20. The van der Waals surface area contributed by atoms with E-state index in [1.807, 2.05) is 6.07 Å². The third-order valence-corrected chi connectivity index (χ3v) is 4.55. The number of fused-ring (bicyclic) bond motifs is 1. The fourth-order valence-electron chi connectivity index (χ4n) is 2.61. The van der Waals surface area contributed by atoms with Gasteiger partial charge in [-0.05, 0) is 23.8 Å². The molecule has 1 aromatic carbocycles. The van der Waals surface area contributed by atoms with Crippen molar-refractivity contribution in [2.45, 2.75) is 19.2 Å². The maximum Gasteiger partial charge on any atom is 0.414 e. The van der Waals surface area contributed by atoms with E-state index in [1.165, 1.54) is 19.2 Å². The molecule has 0 bridgehead atoms. The zero-order valence-electron chi connectivity index (χ0n) is 15.9. The Morgan fingerprint density at radius 3 is 2.90 bits per heavy atom. The minimum absolute atomic E-state index is 0.0485. The lowest BCUT2D eigenvalue weighted by Gasteiger charge is -2.19. The molecule has 2 amide bonds. The number of hydrogen-bond donors (Lipinski definition) is 2. The molecule has 1 radical (unpaired) electrons. The number of nitrogens with one attached hydrogen (secondary N) is 2. The average Bonchev–Trinajstić information content (AvgIpc) is 2.74. The number of aromatic nitrogens is 2. The van der Waals surface area contributed by atoms with Gasteiger partial charge in [-0.1, -0.05) is 23.7 Å². The van der Waals surface area contributed by atoms with E-state index >= 15 is 0 Å². The molecule has 1 atom stereocenters. The summed E-state index contributed by atoms with van der Waals surface area (Å²) < 4.78 is 18.9. The van der Waals surface area contributed by atoms with Crippen molar-refractivity contribution in [3.05, 3.63) is 65.2 Å². The van der Waals surface area contributed by atoms with E-state index in [4.69, 9.17) is 16.3 Å².